The lowest BCUT2D eigenvalue weighted by Gasteiger charge is -2.29. The molecular weight excluding hydrogens is 184 g/mol. The van der Waals surface area contributed by atoms with Crippen LogP contribution in [0.5, 0.6) is 0 Å². The Labute approximate surface area is 81.8 Å². The van der Waals surface area contributed by atoms with Crippen LogP contribution in [0, 0.1) is 0 Å². The normalized spacial score (nSPS) is 14.5. The van der Waals surface area contributed by atoms with Gasteiger partial charge in [-0.25, -0.2) is 0 Å². The van der Waals surface area contributed by atoms with E-state index in [1.54, 1.807) is 14.2 Å². The van der Waals surface area contributed by atoms with Crippen molar-refractivity contribution in [3.63, 3.8) is 0 Å². The van der Waals surface area contributed by atoms with Crippen molar-refractivity contribution in [2.45, 2.75) is 31.5 Å². The number of hydrogen-bond donors (Lipinski definition) is 2. The molecule has 4 nitrogen and oxygen atoms in total. The Balaban J connectivity index is 3.84. The summed E-state index contributed by atoms with van der Waals surface area (Å²) in [7, 11) is 1.22. The van der Waals surface area contributed by atoms with Gasteiger partial charge in [-0.3, -0.25) is 0 Å². The molecule has 0 aromatic rings. The minimum atomic E-state index is -2.11. The predicted molar refractivity (Wildman–Crippen MR) is 56.5 cm³/mol. The molecule has 13 heavy (non-hydrogen) atoms. The Morgan fingerprint density at radius 3 is 2.15 bits per heavy atom. The van der Waals surface area contributed by atoms with Crippen molar-refractivity contribution in [1.82, 2.24) is 0 Å². The number of nitrogens with two attached hydrogens (primary N) is 2. The van der Waals surface area contributed by atoms with Crippen molar-refractivity contribution in [2.24, 2.45) is 11.5 Å². The third-order valence-corrected chi connectivity index (χ3v) is 5.71. The maximum Gasteiger partial charge on any atom is 0.351 e. The van der Waals surface area contributed by atoms with E-state index in [0.717, 1.165) is 25.8 Å². The van der Waals surface area contributed by atoms with E-state index in [1.165, 1.54) is 0 Å². The summed E-state index contributed by atoms with van der Waals surface area (Å²) >= 11 is 0. The van der Waals surface area contributed by atoms with Crippen LogP contribution in [0.25, 0.3) is 0 Å². The fraction of sp³-hybridized carbons (Fsp3) is 1.00. The smallest absolute Gasteiger partial charge is 0.351 e. The molecule has 0 saturated carbocycles. The average Bonchev–Trinajstić information content (AvgIpc) is 2.17. The van der Waals surface area contributed by atoms with Gasteiger partial charge in [0, 0.05) is 19.9 Å². The maximum absolute atomic E-state index is 5.98. The molecule has 0 aliphatic heterocycles. The minimum Gasteiger partial charge on any atom is -0.397 e. The Morgan fingerprint density at radius 2 is 1.77 bits per heavy atom. The van der Waals surface area contributed by atoms with E-state index in [-0.39, 0.29) is 5.67 Å². The molecule has 1 atom stereocenters. The summed E-state index contributed by atoms with van der Waals surface area (Å²) in [6.45, 7) is 2.71. The summed E-state index contributed by atoms with van der Waals surface area (Å²) < 4.78 is 10.7. The van der Waals surface area contributed by atoms with E-state index in [0.29, 0.717) is 0 Å². The first kappa shape index (κ1) is 13.1. The van der Waals surface area contributed by atoms with Gasteiger partial charge < -0.3 is 20.3 Å². The van der Waals surface area contributed by atoms with Crippen LogP contribution >= 0.6 is 0 Å². The molecule has 0 radical (unpaired) electrons. The predicted octanol–water partition coefficient (Wildman–Crippen LogP) is 0.347. The Kier molecular flexibility index (Phi) is 6.53. The number of hydrogen-bond acceptors (Lipinski definition) is 4. The average molecular weight is 206 g/mol. The van der Waals surface area contributed by atoms with Crippen molar-refractivity contribution >= 4 is 8.56 Å². The van der Waals surface area contributed by atoms with E-state index >= 15 is 0 Å². The monoisotopic (exact) mass is 206 g/mol. The second-order valence-corrected chi connectivity index (χ2v) is 6.91. The molecule has 0 aromatic carbocycles. The third-order valence-electron chi connectivity index (χ3n) is 2.45. The van der Waals surface area contributed by atoms with Crippen LogP contribution < -0.4 is 11.5 Å². The van der Waals surface area contributed by atoms with Gasteiger partial charge in [-0.2, -0.15) is 0 Å². The van der Waals surface area contributed by atoms with Gasteiger partial charge in [0.1, 0.15) is 0 Å². The molecule has 0 aromatic heterocycles. The van der Waals surface area contributed by atoms with Gasteiger partial charge in [-0.15, -0.1) is 0 Å². The molecule has 0 aliphatic carbocycles. The van der Waals surface area contributed by atoms with Crippen LogP contribution in [0.1, 0.15) is 19.3 Å². The second kappa shape index (κ2) is 6.50. The van der Waals surface area contributed by atoms with Crippen molar-refractivity contribution < 1.29 is 8.85 Å². The molecule has 1 unspecified atom stereocenters. The summed E-state index contributed by atoms with van der Waals surface area (Å²) in [4.78, 5) is 0. The van der Waals surface area contributed by atoms with Crippen LogP contribution in [0.3, 0.4) is 0 Å². The quantitative estimate of drug-likeness (QED) is 0.466. The third kappa shape index (κ3) is 4.19. The number of rotatable bonds is 7. The van der Waals surface area contributed by atoms with Gasteiger partial charge in [0.15, 0.2) is 0 Å². The molecule has 0 aliphatic rings. The van der Waals surface area contributed by atoms with Gasteiger partial charge in [0.05, 0.1) is 0 Å². The molecule has 80 valence electrons. The molecule has 0 bridgehead atoms. The summed E-state index contributed by atoms with van der Waals surface area (Å²) in [5.74, 6) is 0. The van der Waals surface area contributed by atoms with E-state index in [2.05, 4.69) is 0 Å². The van der Waals surface area contributed by atoms with Crippen LogP contribution in [0.15, 0.2) is 0 Å². The summed E-state index contributed by atoms with van der Waals surface area (Å²) in [6.07, 6.45) is 3.00. The van der Waals surface area contributed by atoms with Crippen molar-refractivity contribution in [1.29, 1.82) is 0 Å². The summed E-state index contributed by atoms with van der Waals surface area (Å²) in [5, 5.41) is 0. The van der Waals surface area contributed by atoms with Gasteiger partial charge in [0.2, 0.25) is 0 Å². The molecule has 0 rings (SSSR count). The van der Waals surface area contributed by atoms with Crippen molar-refractivity contribution in [3.05, 3.63) is 0 Å². The topological polar surface area (TPSA) is 70.5 Å². The van der Waals surface area contributed by atoms with Gasteiger partial charge in [-0.1, -0.05) is 6.42 Å². The van der Waals surface area contributed by atoms with Crippen LogP contribution in [0.2, 0.25) is 6.55 Å². The van der Waals surface area contributed by atoms with E-state index < -0.39 is 8.56 Å². The fourth-order valence-electron chi connectivity index (χ4n) is 1.16. The first-order valence-electron chi connectivity index (χ1n) is 4.66. The highest BCUT2D eigenvalue weighted by atomic mass is 28.4. The lowest BCUT2D eigenvalue weighted by atomic mass is 10.2. The zero-order chi connectivity index (χ0) is 10.3. The van der Waals surface area contributed by atoms with Gasteiger partial charge in [0.25, 0.3) is 0 Å². The number of unbranched alkanes of at least 4 members (excludes halogenated alkanes) is 1. The molecule has 0 amide bonds. The molecule has 0 fully saturated rings. The molecule has 4 N–H and O–H groups in total. The van der Waals surface area contributed by atoms with Crippen molar-refractivity contribution in [2.75, 3.05) is 20.8 Å². The van der Waals surface area contributed by atoms with E-state index in [1.807, 2.05) is 6.55 Å². The first-order valence-corrected chi connectivity index (χ1v) is 7.06. The van der Waals surface area contributed by atoms with E-state index in [9.17, 15) is 0 Å². The lowest BCUT2D eigenvalue weighted by molar-refractivity contribution is 0.235. The van der Waals surface area contributed by atoms with Crippen LogP contribution in [-0.4, -0.2) is 35.0 Å². The minimum absolute atomic E-state index is 0.0362. The largest absolute Gasteiger partial charge is 0.397 e. The van der Waals surface area contributed by atoms with Gasteiger partial charge >= 0.3 is 8.56 Å². The fourth-order valence-corrected chi connectivity index (χ4v) is 2.66. The Hall–Kier alpha value is 0.0569. The zero-order valence-electron chi connectivity index (χ0n) is 8.88. The zero-order valence-corrected chi connectivity index (χ0v) is 9.88. The van der Waals surface area contributed by atoms with Crippen molar-refractivity contribution in [3.8, 4) is 0 Å². The molecule has 5 heteroatoms. The van der Waals surface area contributed by atoms with Crippen LogP contribution in [-0.2, 0) is 8.85 Å². The summed E-state index contributed by atoms with van der Waals surface area (Å²) in [5.41, 5.74) is 11.4. The highest BCUT2D eigenvalue weighted by Gasteiger charge is 2.36. The second-order valence-electron chi connectivity index (χ2n) is 3.32. The highest BCUT2D eigenvalue weighted by Crippen LogP contribution is 2.13. The van der Waals surface area contributed by atoms with E-state index in [4.69, 9.17) is 20.3 Å². The Morgan fingerprint density at radius 1 is 1.23 bits per heavy atom. The molecular formula is C8H22N2O2Si. The molecule has 0 spiro atoms. The Bertz CT molecular complexity index is 131. The first-order chi connectivity index (χ1) is 6.10. The highest BCUT2D eigenvalue weighted by molar-refractivity contribution is 6.67. The molecule has 0 saturated heterocycles. The lowest BCUT2D eigenvalue weighted by Crippen LogP contribution is -2.54. The summed E-state index contributed by atoms with van der Waals surface area (Å²) in [6, 6.07) is 0. The standard InChI is InChI=1S/C8H22N2O2Si/c1-11-13(3,12-2)8(10)6-4-5-7-9/h8H,4-7,9-10H2,1-3H3. The maximum atomic E-state index is 5.98. The molecule has 0 heterocycles. The van der Waals surface area contributed by atoms with Gasteiger partial charge in [-0.05, 0) is 25.9 Å². The SMILES string of the molecule is CO[Si](C)(OC)C(N)CCCCN. The van der Waals surface area contributed by atoms with Crippen LogP contribution in [0.4, 0.5) is 0 Å².